The zero-order chi connectivity index (χ0) is 23.5. The summed E-state index contributed by atoms with van der Waals surface area (Å²) in [5.41, 5.74) is 14.6. The Morgan fingerprint density at radius 2 is 1.85 bits per heavy atom. The minimum Gasteiger partial charge on any atom is -0.376 e. The van der Waals surface area contributed by atoms with Crippen LogP contribution in [-0.2, 0) is 16.1 Å². The van der Waals surface area contributed by atoms with Crippen molar-refractivity contribution in [3.63, 3.8) is 0 Å². The molecule has 3 unspecified atom stereocenters. The third-order valence-corrected chi connectivity index (χ3v) is 8.06. The molecule has 4 aliphatic rings. The Labute approximate surface area is 202 Å². The van der Waals surface area contributed by atoms with Crippen LogP contribution in [0.1, 0.15) is 31.2 Å². The molecule has 1 aliphatic carbocycles. The Kier molecular flexibility index (Phi) is 7.29. The van der Waals surface area contributed by atoms with Crippen molar-refractivity contribution in [1.82, 2.24) is 15.1 Å². The van der Waals surface area contributed by atoms with Gasteiger partial charge in [-0.05, 0) is 67.2 Å². The predicted molar refractivity (Wildman–Crippen MR) is 133 cm³/mol. The van der Waals surface area contributed by atoms with Gasteiger partial charge in [-0.3, -0.25) is 9.69 Å². The molecule has 34 heavy (non-hydrogen) atoms. The number of hydrogen-bond acceptors (Lipinski definition) is 6. The highest BCUT2D eigenvalue weighted by atomic mass is 16.5. The highest BCUT2D eigenvalue weighted by Crippen LogP contribution is 2.44. The second-order valence-corrected chi connectivity index (χ2v) is 10.3. The van der Waals surface area contributed by atoms with Crippen LogP contribution in [0.15, 0.2) is 41.5 Å². The van der Waals surface area contributed by atoms with Crippen LogP contribution >= 0.6 is 0 Å². The number of piperidine rings is 2. The minimum absolute atomic E-state index is 0.150. The molecule has 8 nitrogen and oxygen atoms in total. The Balaban J connectivity index is 1.21. The molecule has 0 radical (unpaired) electrons. The normalized spacial score (nSPS) is 32.7. The highest BCUT2D eigenvalue weighted by molar-refractivity contribution is 5.95. The van der Waals surface area contributed by atoms with E-state index in [0.717, 1.165) is 76.5 Å². The van der Waals surface area contributed by atoms with Crippen LogP contribution in [0, 0.1) is 17.8 Å². The van der Waals surface area contributed by atoms with E-state index in [-0.39, 0.29) is 12.1 Å². The van der Waals surface area contributed by atoms with Crippen LogP contribution in [0.5, 0.6) is 0 Å². The lowest BCUT2D eigenvalue weighted by Crippen LogP contribution is -2.49. The van der Waals surface area contributed by atoms with Crippen molar-refractivity contribution in [1.29, 1.82) is 0 Å². The van der Waals surface area contributed by atoms with E-state index in [1.54, 1.807) is 6.20 Å². The van der Waals surface area contributed by atoms with E-state index >= 15 is 0 Å². The van der Waals surface area contributed by atoms with Gasteiger partial charge in [-0.2, -0.15) is 0 Å². The van der Waals surface area contributed by atoms with Crippen molar-refractivity contribution in [2.75, 3.05) is 32.8 Å². The zero-order valence-electron chi connectivity index (χ0n) is 19.9. The first-order valence-electron chi connectivity index (χ1n) is 12.8. The van der Waals surface area contributed by atoms with Gasteiger partial charge in [0, 0.05) is 57.6 Å². The van der Waals surface area contributed by atoms with Gasteiger partial charge in [0.1, 0.15) is 5.84 Å². The average Bonchev–Trinajstić information content (AvgIpc) is 3.25. The molecule has 8 heteroatoms. The number of amidine groups is 1. The maximum Gasteiger partial charge on any atom is 0.211 e. The molecule has 0 spiro atoms. The molecular formula is C26H38N6O2. The SMILES string of the molecule is NC1C2CN(Cc3ccc(N=C(/C=C\NC=O)N4CCC([C@H]5OCCCC5N)CC4)cc3)CC12. The molecule has 1 saturated carbocycles. The molecule has 4 fully saturated rings. The number of amides is 1. The lowest BCUT2D eigenvalue weighted by molar-refractivity contribution is -0.108. The number of likely N-dealkylation sites (tertiary alicyclic amines) is 2. The van der Waals surface area contributed by atoms with Gasteiger partial charge in [0.25, 0.3) is 0 Å². The molecule has 1 aromatic rings. The number of carbonyl (C=O) groups excluding carboxylic acids is 1. The van der Waals surface area contributed by atoms with Crippen molar-refractivity contribution in [2.45, 2.75) is 50.4 Å². The first kappa shape index (κ1) is 23.5. The number of nitrogens with one attached hydrogen (secondary N) is 1. The minimum atomic E-state index is 0.150. The molecule has 5 N–H and O–H groups in total. The standard InChI is InChI=1S/C26H38N6O2/c27-23-2-1-13-34-26(23)19-8-11-32(12-9-19)24(7-10-29-17-33)30-20-5-3-18(4-6-20)14-31-15-21-22(16-31)25(21)28/h3-7,10,17,19,21-23,25-26H,1-2,8-9,11-16,27-28H2,(H,29,33)/b10-7-,30-24?/t21?,22?,23?,25?,26-/m1/s1. The number of aliphatic imine (C=N–C) groups is 1. The average molecular weight is 467 g/mol. The summed E-state index contributed by atoms with van der Waals surface area (Å²) in [6, 6.07) is 9.09. The predicted octanol–water partition coefficient (Wildman–Crippen LogP) is 1.58. The molecule has 0 bridgehead atoms. The molecule has 1 aromatic carbocycles. The van der Waals surface area contributed by atoms with E-state index in [9.17, 15) is 4.79 Å². The summed E-state index contributed by atoms with van der Waals surface area (Å²) in [7, 11) is 0. The first-order chi connectivity index (χ1) is 16.6. The fraction of sp³-hybridized carbons (Fsp3) is 0.615. The summed E-state index contributed by atoms with van der Waals surface area (Å²) in [5, 5.41) is 2.61. The van der Waals surface area contributed by atoms with Gasteiger partial charge in [0.05, 0.1) is 11.8 Å². The van der Waals surface area contributed by atoms with Gasteiger partial charge in [-0.15, -0.1) is 0 Å². The number of nitrogens with zero attached hydrogens (tertiary/aromatic N) is 3. The van der Waals surface area contributed by atoms with Gasteiger partial charge in [0.2, 0.25) is 6.41 Å². The Morgan fingerprint density at radius 3 is 2.53 bits per heavy atom. The summed E-state index contributed by atoms with van der Waals surface area (Å²) in [5.74, 6) is 2.78. The number of rotatable bonds is 7. The summed E-state index contributed by atoms with van der Waals surface area (Å²) < 4.78 is 6.03. The van der Waals surface area contributed by atoms with Crippen molar-refractivity contribution in [3.8, 4) is 0 Å². The fourth-order valence-electron chi connectivity index (χ4n) is 6.00. The molecule has 3 saturated heterocycles. The van der Waals surface area contributed by atoms with Gasteiger partial charge in [0.15, 0.2) is 0 Å². The van der Waals surface area contributed by atoms with E-state index in [1.165, 1.54) is 5.56 Å². The lowest BCUT2D eigenvalue weighted by atomic mass is 9.85. The molecule has 1 amide bonds. The Bertz CT molecular complexity index is 883. The molecule has 184 valence electrons. The van der Waals surface area contributed by atoms with E-state index in [2.05, 4.69) is 39.4 Å². The van der Waals surface area contributed by atoms with Crippen molar-refractivity contribution < 1.29 is 9.53 Å². The number of carbonyl (C=O) groups is 1. The molecule has 0 aromatic heterocycles. The second kappa shape index (κ2) is 10.6. The van der Waals surface area contributed by atoms with E-state index in [4.69, 9.17) is 21.2 Å². The van der Waals surface area contributed by atoms with E-state index in [0.29, 0.717) is 30.2 Å². The van der Waals surface area contributed by atoms with Crippen LogP contribution < -0.4 is 16.8 Å². The van der Waals surface area contributed by atoms with E-state index < -0.39 is 0 Å². The van der Waals surface area contributed by atoms with Crippen LogP contribution in [0.3, 0.4) is 0 Å². The van der Waals surface area contributed by atoms with Gasteiger partial charge in [-0.25, -0.2) is 4.99 Å². The smallest absolute Gasteiger partial charge is 0.211 e. The van der Waals surface area contributed by atoms with Crippen molar-refractivity contribution in [2.24, 2.45) is 34.2 Å². The molecule has 4 atom stereocenters. The Morgan fingerprint density at radius 1 is 1.12 bits per heavy atom. The lowest BCUT2D eigenvalue weighted by Gasteiger charge is -2.40. The van der Waals surface area contributed by atoms with Gasteiger partial charge >= 0.3 is 0 Å². The van der Waals surface area contributed by atoms with Crippen LogP contribution in [0.4, 0.5) is 5.69 Å². The number of nitrogens with two attached hydrogens (primary N) is 2. The van der Waals surface area contributed by atoms with Crippen molar-refractivity contribution in [3.05, 3.63) is 42.1 Å². The number of ether oxygens (including phenoxy) is 1. The maximum absolute atomic E-state index is 10.7. The van der Waals surface area contributed by atoms with E-state index in [1.807, 2.05) is 6.08 Å². The third kappa shape index (κ3) is 5.35. The summed E-state index contributed by atoms with van der Waals surface area (Å²) in [4.78, 5) is 20.5. The fourth-order valence-corrected chi connectivity index (χ4v) is 6.00. The molecule has 5 rings (SSSR count). The Hall–Kier alpha value is -2.26. The quantitative estimate of drug-likeness (QED) is 0.320. The second-order valence-electron chi connectivity index (χ2n) is 10.3. The van der Waals surface area contributed by atoms with Crippen LogP contribution in [-0.4, -0.2) is 73.0 Å². The number of benzene rings is 1. The number of hydrogen-bond donors (Lipinski definition) is 3. The zero-order valence-corrected chi connectivity index (χ0v) is 19.9. The van der Waals surface area contributed by atoms with Gasteiger partial charge in [-0.1, -0.05) is 12.1 Å². The molecular weight excluding hydrogens is 428 g/mol. The van der Waals surface area contributed by atoms with Gasteiger partial charge < -0.3 is 26.4 Å². The van der Waals surface area contributed by atoms with Crippen LogP contribution in [0.25, 0.3) is 0 Å². The topological polar surface area (TPSA) is 109 Å². The molecule has 3 aliphatic heterocycles. The summed E-state index contributed by atoms with van der Waals surface area (Å²) >= 11 is 0. The van der Waals surface area contributed by atoms with Crippen LogP contribution in [0.2, 0.25) is 0 Å². The molecule has 3 heterocycles. The highest BCUT2D eigenvalue weighted by Gasteiger charge is 2.53. The summed E-state index contributed by atoms with van der Waals surface area (Å²) in [6.45, 7) is 5.85. The maximum atomic E-state index is 10.7. The monoisotopic (exact) mass is 466 g/mol. The van der Waals surface area contributed by atoms with Crippen molar-refractivity contribution >= 4 is 17.9 Å². The summed E-state index contributed by atoms with van der Waals surface area (Å²) in [6.07, 6.45) is 8.56. The number of fused-ring (bicyclic) bond motifs is 1. The largest absolute Gasteiger partial charge is 0.376 e. The first-order valence-corrected chi connectivity index (χ1v) is 12.8. The third-order valence-electron chi connectivity index (χ3n) is 8.06.